The molecule has 1 atom stereocenters. The molecule has 26 heavy (non-hydrogen) atoms. The minimum atomic E-state index is 0.0144. The van der Waals surface area contributed by atoms with Gasteiger partial charge in [-0.05, 0) is 38.4 Å². The molecule has 140 valence electrons. The van der Waals surface area contributed by atoms with Crippen LogP contribution in [0, 0.1) is 6.92 Å². The molecule has 1 fully saturated rings. The van der Waals surface area contributed by atoms with E-state index in [1.807, 2.05) is 12.1 Å². The zero-order valence-electron chi connectivity index (χ0n) is 15.3. The van der Waals surface area contributed by atoms with Crippen LogP contribution < -0.4 is 5.32 Å². The van der Waals surface area contributed by atoms with Gasteiger partial charge in [-0.1, -0.05) is 23.3 Å². The van der Waals surface area contributed by atoms with Crippen LogP contribution in [-0.2, 0) is 4.79 Å². The lowest BCUT2D eigenvalue weighted by atomic mass is 10.0. The molecule has 7 nitrogen and oxygen atoms in total. The van der Waals surface area contributed by atoms with Crippen molar-refractivity contribution < 1.29 is 9.32 Å². The van der Waals surface area contributed by atoms with E-state index in [2.05, 4.69) is 32.3 Å². The SMILES string of the molecule is Cc1nc(-c2cccnc2SCC(=O)NCCN2CCCC[C@@H]2C)no1. The number of pyridine rings is 1. The molecule has 1 aliphatic heterocycles. The molecule has 0 bridgehead atoms. The van der Waals surface area contributed by atoms with Gasteiger partial charge < -0.3 is 9.84 Å². The maximum Gasteiger partial charge on any atom is 0.230 e. The van der Waals surface area contributed by atoms with Crippen LogP contribution in [0.1, 0.15) is 32.1 Å². The van der Waals surface area contributed by atoms with Gasteiger partial charge in [0.1, 0.15) is 5.03 Å². The molecule has 2 aromatic heterocycles. The molecule has 0 saturated carbocycles. The van der Waals surface area contributed by atoms with Crippen LogP contribution in [0.15, 0.2) is 27.9 Å². The van der Waals surface area contributed by atoms with E-state index in [0.717, 1.165) is 23.7 Å². The van der Waals surface area contributed by atoms with E-state index in [0.29, 0.717) is 30.1 Å². The second-order valence-electron chi connectivity index (χ2n) is 6.51. The molecule has 1 N–H and O–H groups in total. The lowest BCUT2D eigenvalue weighted by Crippen LogP contribution is -2.42. The smallest absolute Gasteiger partial charge is 0.230 e. The number of thioether (sulfide) groups is 1. The number of carbonyl (C=O) groups is 1. The largest absolute Gasteiger partial charge is 0.354 e. The fraction of sp³-hybridized carbons (Fsp3) is 0.556. The zero-order chi connectivity index (χ0) is 18.4. The van der Waals surface area contributed by atoms with Crippen molar-refractivity contribution in [3.63, 3.8) is 0 Å². The molecular formula is C18H25N5O2S. The van der Waals surface area contributed by atoms with Crippen LogP contribution in [0.3, 0.4) is 0 Å². The summed E-state index contributed by atoms with van der Waals surface area (Å²) in [6.07, 6.45) is 5.52. The van der Waals surface area contributed by atoms with Gasteiger partial charge in [0.25, 0.3) is 0 Å². The Morgan fingerprint density at radius 1 is 1.46 bits per heavy atom. The number of carbonyl (C=O) groups excluding carboxylic acids is 1. The summed E-state index contributed by atoms with van der Waals surface area (Å²) < 4.78 is 5.04. The monoisotopic (exact) mass is 375 g/mol. The Balaban J connectivity index is 1.47. The Morgan fingerprint density at radius 2 is 2.35 bits per heavy atom. The number of amides is 1. The summed E-state index contributed by atoms with van der Waals surface area (Å²) in [5.74, 6) is 1.33. The van der Waals surface area contributed by atoms with E-state index in [1.165, 1.54) is 31.0 Å². The van der Waals surface area contributed by atoms with E-state index >= 15 is 0 Å². The number of aromatic nitrogens is 3. The quantitative estimate of drug-likeness (QED) is 0.744. The molecule has 0 aliphatic carbocycles. The maximum atomic E-state index is 12.2. The summed E-state index contributed by atoms with van der Waals surface area (Å²) in [4.78, 5) is 23.2. The van der Waals surface area contributed by atoms with Crippen LogP contribution in [-0.4, -0.2) is 57.4 Å². The molecule has 3 heterocycles. The van der Waals surface area contributed by atoms with Crippen molar-refractivity contribution in [2.75, 3.05) is 25.4 Å². The van der Waals surface area contributed by atoms with E-state index in [9.17, 15) is 4.79 Å². The number of aryl methyl sites for hydroxylation is 1. The van der Waals surface area contributed by atoms with Crippen LogP contribution in [0.5, 0.6) is 0 Å². The first-order chi connectivity index (χ1) is 12.6. The second-order valence-corrected chi connectivity index (χ2v) is 7.48. The number of rotatable bonds is 7. The van der Waals surface area contributed by atoms with Crippen molar-refractivity contribution in [1.29, 1.82) is 0 Å². The standard InChI is InChI=1S/C18H25N5O2S/c1-13-6-3-4-10-23(13)11-9-19-16(24)12-26-18-15(7-5-8-20-18)17-21-14(2)25-22-17/h5,7-8,13H,3-4,6,9-12H2,1-2H3,(H,19,24)/t13-/m0/s1. The van der Waals surface area contributed by atoms with Crippen molar-refractivity contribution in [3.05, 3.63) is 24.2 Å². The third kappa shape index (κ3) is 5.04. The molecule has 0 aromatic carbocycles. The predicted molar refractivity (Wildman–Crippen MR) is 101 cm³/mol. The van der Waals surface area contributed by atoms with Gasteiger partial charge in [-0.15, -0.1) is 0 Å². The highest BCUT2D eigenvalue weighted by Crippen LogP contribution is 2.27. The molecule has 1 saturated heterocycles. The van der Waals surface area contributed by atoms with Gasteiger partial charge in [-0.2, -0.15) is 4.98 Å². The minimum absolute atomic E-state index is 0.0144. The molecule has 8 heteroatoms. The highest BCUT2D eigenvalue weighted by atomic mass is 32.2. The predicted octanol–water partition coefficient (Wildman–Crippen LogP) is 2.52. The average Bonchev–Trinajstić information content (AvgIpc) is 3.08. The highest BCUT2D eigenvalue weighted by molar-refractivity contribution is 8.00. The molecule has 1 aliphatic rings. The van der Waals surface area contributed by atoms with Gasteiger partial charge in [0.05, 0.1) is 11.3 Å². The number of nitrogens with zero attached hydrogens (tertiary/aromatic N) is 4. The topological polar surface area (TPSA) is 84.2 Å². The first-order valence-corrected chi connectivity index (χ1v) is 10.0. The lowest BCUT2D eigenvalue weighted by molar-refractivity contribution is -0.118. The van der Waals surface area contributed by atoms with Gasteiger partial charge in [0.15, 0.2) is 0 Å². The first-order valence-electron chi connectivity index (χ1n) is 9.02. The van der Waals surface area contributed by atoms with Crippen molar-refractivity contribution >= 4 is 17.7 Å². The van der Waals surface area contributed by atoms with Gasteiger partial charge >= 0.3 is 0 Å². The summed E-state index contributed by atoms with van der Waals surface area (Å²) >= 11 is 1.39. The molecule has 0 spiro atoms. The van der Waals surface area contributed by atoms with Crippen LogP contribution >= 0.6 is 11.8 Å². The van der Waals surface area contributed by atoms with Gasteiger partial charge in [-0.3, -0.25) is 9.69 Å². The Hall–Kier alpha value is -1.93. The Bertz CT molecular complexity index is 736. The maximum absolute atomic E-state index is 12.2. The van der Waals surface area contributed by atoms with Crippen LogP contribution in [0.2, 0.25) is 0 Å². The van der Waals surface area contributed by atoms with Gasteiger partial charge in [0.2, 0.25) is 17.6 Å². The normalized spacial score (nSPS) is 18.0. The molecule has 3 rings (SSSR count). The second kappa shape index (κ2) is 9.14. The summed E-state index contributed by atoms with van der Waals surface area (Å²) in [6, 6.07) is 4.32. The van der Waals surface area contributed by atoms with E-state index in [4.69, 9.17) is 4.52 Å². The zero-order valence-corrected chi connectivity index (χ0v) is 16.1. The number of piperidine rings is 1. The number of hydrogen-bond donors (Lipinski definition) is 1. The van der Waals surface area contributed by atoms with Crippen LogP contribution in [0.4, 0.5) is 0 Å². The van der Waals surface area contributed by atoms with Gasteiger partial charge in [0, 0.05) is 32.3 Å². The molecule has 0 unspecified atom stereocenters. The summed E-state index contributed by atoms with van der Waals surface area (Å²) in [6.45, 7) is 6.74. The fourth-order valence-electron chi connectivity index (χ4n) is 3.10. The third-order valence-electron chi connectivity index (χ3n) is 4.54. The molecule has 2 aromatic rings. The van der Waals surface area contributed by atoms with E-state index in [1.54, 1.807) is 13.1 Å². The summed E-state index contributed by atoms with van der Waals surface area (Å²) in [7, 11) is 0. The third-order valence-corrected chi connectivity index (χ3v) is 5.55. The van der Waals surface area contributed by atoms with Crippen molar-refractivity contribution in [2.45, 2.75) is 44.2 Å². The number of likely N-dealkylation sites (tertiary alicyclic amines) is 1. The number of nitrogens with one attached hydrogen (secondary N) is 1. The molecular weight excluding hydrogens is 350 g/mol. The minimum Gasteiger partial charge on any atom is -0.354 e. The first kappa shape index (κ1) is 18.8. The van der Waals surface area contributed by atoms with E-state index in [-0.39, 0.29) is 5.91 Å². The Morgan fingerprint density at radius 3 is 3.12 bits per heavy atom. The highest BCUT2D eigenvalue weighted by Gasteiger charge is 2.18. The Labute approximate surface area is 157 Å². The lowest BCUT2D eigenvalue weighted by Gasteiger charge is -2.33. The summed E-state index contributed by atoms with van der Waals surface area (Å²) in [5, 5.41) is 7.67. The van der Waals surface area contributed by atoms with E-state index < -0.39 is 0 Å². The Kier molecular flexibility index (Phi) is 6.62. The van der Waals surface area contributed by atoms with Crippen molar-refractivity contribution in [2.24, 2.45) is 0 Å². The fourth-order valence-corrected chi connectivity index (χ4v) is 3.92. The number of hydrogen-bond acceptors (Lipinski definition) is 7. The van der Waals surface area contributed by atoms with Crippen molar-refractivity contribution in [3.8, 4) is 11.4 Å². The molecule has 1 amide bonds. The summed E-state index contributed by atoms with van der Waals surface area (Å²) in [5.41, 5.74) is 0.782. The molecule has 0 radical (unpaired) electrons. The van der Waals surface area contributed by atoms with Gasteiger partial charge in [-0.25, -0.2) is 4.98 Å². The van der Waals surface area contributed by atoms with Crippen molar-refractivity contribution in [1.82, 2.24) is 25.3 Å². The average molecular weight is 375 g/mol. The van der Waals surface area contributed by atoms with Crippen LogP contribution in [0.25, 0.3) is 11.4 Å².